The first-order chi connectivity index (χ1) is 34.2. The summed E-state index contributed by atoms with van der Waals surface area (Å²) in [6.07, 6.45) is 0. The van der Waals surface area contributed by atoms with Crippen LogP contribution >= 0.6 is 0 Å². The van der Waals surface area contributed by atoms with Gasteiger partial charge in [0.25, 0.3) is 0 Å². The summed E-state index contributed by atoms with van der Waals surface area (Å²) in [5, 5.41) is 4.82. The van der Waals surface area contributed by atoms with Crippen LogP contribution in [0.4, 0.5) is 17.1 Å². The fourth-order valence-corrected chi connectivity index (χ4v) is 10.2. The Kier molecular flexibility index (Phi) is 11.0. The lowest BCUT2D eigenvalue weighted by Crippen LogP contribution is -2.11. The highest BCUT2D eigenvalue weighted by Gasteiger charge is 2.24. The first-order valence-electron chi connectivity index (χ1n) is 23.7. The molecule has 12 rings (SSSR count). The third-order valence-corrected chi connectivity index (χ3v) is 13.4. The number of fused-ring (bicyclic) bond motifs is 3. The van der Waals surface area contributed by atoms with Gasteiger partial charge in [-0.25, -0.2) is 0 Å². The zero-order valence-corrected chi connectivity index (χ0v) is 38.1. The van der Waals surface area contributed by atoms with Crippen molar-refractivity contribution in [3.8, 4) is 77.9 Å². The van der Waals surface area contributed by atoms with Gasteiger partial charge < -0.3 is 4.90 Å². The maximum atomic E-state index is 2.49. The van der Waals surface area contributed by atoms with Crippen LogP contribution in [0, 0.1) is 0 Å². The van der Waals surface area contributed by atoms with Gasteiger partial charge in [-0.15, -0.1) is 0 Å². The second-order valence-electron chi connectivity index (χ2n) is 17.6. The number of anilines is 3. The predicted octanol–water partition coefficient (Wildman–Crippen LogP) is 19.1. The molecule has 0 aliphatic carbocycles. The SMILES string of the molecule is c1ccc(-c2cc(-c3ccccc3)cc(N(c3ccc(-c4ccc(-c5ccccc5)c(-c5ccccc5)c4)cc3)c3cccc4c(-c5ccccc5)c(-c5ccccc5)c5ccccc5c34)c2)cc1. The molecule has 0 bridgehead atoms. The monoisotopic (exact) mass is 877 g/mol. The highest BCUT2D eigenvalue weighted by atomic mass is 15.1. The number of nitrogens with zero attached hydrogens (tertiary/aromatic N) is 1. The van der Waals surface area contributed by atoms with E-state index in [1.807, 2.05) is 0 Å². The van der Waals surface area contributed by atoms with E-state index >= 15 is 0 Å². The first-order valence-corrected chi connectivity index (χ1v) is 23.7. The topological polar surface area (TPSA) is 3.24 Å². The zero-order chi connectivity index (χ0) is 45.9. The maximum absolute atomic E-state index is 2.49. The minimum Gasteiger partial charge on any atom is -0.310 e. The molecule has 0 saturated heterocycles. The van der Waals surface area contributed by atoms with Gasteiger partial charge in [0, 0.05) is 16.8 Å². The maximum Gasteiger partial charge on any atom is 0.0546 e. The molecule has 69 heavy (non-hydrogen) atoms. The van der Waals surface area contributed by atoms with Crippen molar-refractivity contribution in [3.63, 3.8) is 0 Å². The molecule has 1 heteroatoms. The van der Waals surface area contributed by atoms with Crippen molar-refractivity contribution in [2.45, 2.75) is 0 Å². The van der Waals surface area contributed by atoms with Gasteiger partial charge >= 0.3 is 0 Å². The number of rotatable bonds is 10. The van der Waals surface area contributed by atoms with Gasteiger partial charge in [-0.3, -0.25) is 0 Å². The van der Waals surface area contributed by atoms with Crippen LogP contribution < -0.4 is 4.90 Å². The van der Waals surface area contributed by atoms with Gasteiger partial charge in [-0.2, -0.15) is 0 Å². The fourth-order valence-electron chi connectivity index (χ4n) is 10.2. The summed E-state index contributed by atoms with van der Waals surface area (Å²) in [5.74, 6) is 0. The molecule has 12 aromatic carbocycles. The van der Waals surface area contributed by atoms with Crippen LogP contribution in [0.1, 0.15) is 0 Å². The average Bonchev–Trinajstić information content (AvgIpc) is 3.44. The van der Waals surface area contributed by atoms with E-state index in [0.717, 1.165) is 33.8 Å². The minimum atomic E-state index is 1.07. The van der Waals surface area contributed by atoms with Crippen molar-refractivity contribution < 1.29 is 0 Å². The van der Waals surface area contributed by atoms with Crippen LogP contribution in [-0.2, 0) is 0 Å². The predicted molar refractivity (Wildman–Crippen MR) is 294 cm³/mol. The van der Waals surface area contributed by atoms with E-state index in [2.05, 4.69) is 290 Å². The van der Waals surface area contributed by atoms with Crippen LogP contribution in [0.25, 0.3) is 99.4 Å². The minimum absolute atomic E-state index is 1.07. The third-order valence-electron chi connectivity index (χ3n) is 13.4. The Balaban J connectivity index is 1.12. The highest BCUT2D eigenvalue weighted by Crippen LogP contribution is 2.50. The second-order valence-corrected chi connectivity index (χ2v) is 17.6. The molecule has 0 saturated carbocycles. The quantitative estimate of drug-likeness (QED) is 0.124. The van der Waals surface area contributed by atoms with Gasteiger partial charge in [-0.05, 0) is 137 Å². The number of hydrogen-bond donors (Lipinski definition) is 0. The van der Waals surface area contributed by atoms with Crippen LogP contribution in [0.15, 0.2) is 285 Å². The molecule has 1 nitrogen and oxygen atoms in total. The lowest BCUT2D eigenvalue weighted by atomic mass is 9.84. The largest absolute Gasteiger partial charge is 0.310 e. The van der Waals surface area contributed by atoms with Crippen molar-refractivity contribution in [1.29, 1.82) is 0 Å². The zero-order valence-electron chi connectivity index (χ0n) is 38.1. The Morgan fingerprint density at radius 3 is 1.14 bits per heavy atom. The van der Waals surface area contributed by atoms with Crippen molar-refractivity contribution in [1.82, 2.24) is 0 Å². The fraction of sp³-hybridized carbons (Fsp3) is 0. The molecule has 12 aromatic rings. The van der Waals surface area contributed by atoms with E-state index < -0.39 is 0 Å². The van der Waals surface area contributed by atoms with Crippen LogP contribution in [0.2, 0.25) is 0 Å². The van der Waals surface area contributed by atoms with E-state index in [1.165, 1.54) is 82.7 Å². The first kappa shape index (κ1) is 41.4. The lowest BCUT2D eigenvalue weighted by molar-refractivity contribution is 1.30. The smallest absolute Gasteiger partial charge is 0.0546 e. The Morgan fingerprint density at radius 1 is 0.203 bits per heavy atom. The average molecular weight is 878 g/mol. The van der Waals surface area contributed by atoms with Gasteiger partial charge in [0.2, 0.25) is 0 Å². The molecule has 324 valence electrons. The normalized spacial score (nSPS) is 11.2. The summed E-state index contributed by atoms with van der Waals surface area (Å²) in [6.45, 7) is 0. The van der Waals surface area contributed by atoms with E-state index in [9.17, 15) is 0 Å². The van der Waals surface area contributed by atoms with Crippen molar-refractivity contribution in [2.75, 3.05) is 4.90 Å². The van der Waals surface area contributed by atoms with E-state index in [0.29, 0.717) is 0 Å². The standard InChI is InChI=1S/C68H47N/c1-7-22-48(23-8-1)56-44-57(49-24-9-2-10-25-49)46-59(45-56)69(58-41-38-50(39-42-58)55-40-43-60(51-26-11-3-12-27-51)64(47-55)52-28-13-4-14-29-52)65-37-21-36-63-67(54-32-17-6-18-33-54)66(53-30-15-5-16-31-53)61-34-19-20-35-62(61)68(63)65/h1-47H. The molecule has 0 unspecified atom stereocenters. The van der Waals surface area contributed by atoms with Crippen LogP contribution in [-0.4, -0.2) is 0 Å². The molecule has 0 heterocycles. The van der Waals surface area contributed by atoms with Crippen molar-refractivity contribution in [3.05, 3.63) is 285 Å². The molecule has 0 spiro atoms. The van der Waals surface area contributed by atoms with Crippen molar-refractivity contribution >= 4 is 38.6 Å². The summed E-state index contributed by atoms with van der Waals surface area (Å²) in [7, 11) is 0. The summed E-state index contributed by atoms with van der Waals surface area (Å²) >= 11 is 0. The molecule has 0 atom stereocenters. The molecular weight excluding hydrogens is 831 g/mol. The van der Waals surface area contributed by atoms with E-state index in [4.69, 9.17) is 0 Å². The third kappa shape index (κ3) is 7.97. The van der Waals surface area contributed by atoms with Crippen molar-refractivity contribution in [2.24, 2.45) is 0 Å². The van der Waals surface area contributed by atoms with Gasteiger partial charge in [0.05, 0.1) is 5.69 Å². The van der Waals surface area contributed by atoms with Gasteiger partial charge in [0.1, 0.15) is 0 Å². The highest BCUT2D eigenvalue weighted by molar-refractivity contribution is 6.25. The Hall–Kier alpha value is -9.04. The Labute approximate surface area is 404 Å². The molecule has 0 N–H and O–H groups in total. The van der Waals surface area contributed by atoms with E-state index in [1.54, 1.807) is 0 Å². The summed E-state index contributed by atoms with van der Waals surface area (Å²) in [4.78, 5) is 2.49. The molecular formula is C68H47N. The van der Waals surface area contributed by atoms with E-state index in [-0.39, 0.29) is 0 Å². The Bertz CT molecular complexity index is 3660. The molecule has 0 fully saturated rings. The molecule has 0 aromatic heterocycles. The summed E-state index contributed by atoms with van der Waals surface area (Å²) in [6, 6.07) is 104. The molecule has 0 aliphatic rings. The number of hydrogen-bond acceptors (Lipinski definition) is 1. The summed E-state index contributed by atoms with van der Waals surface area (Å²) < 4.78 is 0. The molecule has 0 aliphatic heterocycles. The van der Waals surface area contributed by atoms with Crippen LogP contribution in [0.3, 0.4) is 0 Å². The van der Waals surface area contributed by atoms with Gasteiger partial charge in [-0.1, -0.05) is 243 Å². The Morgan fingerprint density at radius 2 is 0.609 bits per heavy atom. The lowest BCUT2D eigenvalue weighted by Gasteiger charge is -2.30. The number of benzene rings is 12. The molecule has 0 radical (unpaired) electrons. The molecule has 0 amide bonds. The van der Waals surface area contributed by atoms with Crippen LogP contribution in [0.5, 0.6) is 0 Å². The second kappa shape index (κ2) is 18.3. The summed E-state index contributed by atoms with van der Waals surface area (Å²) in [5.41, 5.74) is 19.9. The van der Waals surface area contributed by atoms with Gasteiger partial charge in [0.15, 0.2) is 0 Å².